The smallest absolute Gasteiger partial charge is 0.332 e. The summed E-state index contributed by atoms with van der Waals surface area (Å²) in [6, 6.07) is 4.90. The molecule has 156 valence electrons. The van der Waals surface area contributed by atoms with E-state index in [4.69, 9.17) is 22.4 Å². The summed E-state index contributed by atoms with van der Waals surface area (Å²) < 4.78 is 38.0. The second kappa shape index (κ2) is 9.69. The minimum Gasteiger partial charge on any atom is -0.332 e. The summed E-state index contributed by atoms with van der Waals surface area (Å²) in [5.74, 6) is -0.335. The maximum Gasteiger partial charge on any atom is 0.390 e. The van der Waals surface area contributed by atoms with Gasteiger partial charge in [0.25, 0.3) is 0 Å². The van der Waals surface area contributed by atoms with E-state index < -0.39 is 31.0 Å². The van der Waals surface area contributed by atoms with Gasteiger partial charge in [-0.15, -0.1) is 0 Å². The predicted molar refractivity (Wildman–Crippen MR) is 104 cm³/mol. The van der Waals surface area contributed by atoms with E-state index in [9.17, 15) is 22.8 Å². The molecule has 29 heavy (non-hydrogen) atoms. The fourth-order valence-corrected chi connectivity index (χ4v) is 2.81. The molecule has 0 aromatic heterocycles. The lowest BCUT2D eigenvalue weighted by Crippen LogP contribution is -2.46. The summed E-state index contributed by atoms with van der Waals surface area (Å²) in [7, 11) is 0. The molecule has 0 atom stereocenters. The minimum absolute atomic E-state index is 0.0697. The first-order valence-corrected chi connectivity index (χ1v) is 9.20. The number of hydrogen-bond acceptors (Lipinski definition) is 4. The van der Waals surface area contributed by atoms with Gasteiger partial charge in [-0.3, -0.25) is 15.1 Å². The first kappa shape index (κ1) is 22.6. The molecule has 2 rings (SSSR count). The van der Waals surface area contributed by atoms with E-state index in [2.05, 4.69) is 5.32 Å². The number of allylic oxidation sites excluding steroid dienone is 1. The Labute approximate surface area is 170 Å². The van der Waals surface area contributed by atoms with Crippen molar-refractivity contribution in [1.82, 2.24) is 10.2 Å². The van der Waals surface area contributed by atoms with E-state index in [0.29, 0.717) is 28.3 Å². The number of nitrogens with one attached hydrogen (secondary N) is 3. The van der Waals surface area contributed by atoms with Crippen LogP contribution in [0.15, 0.2) is 35.9 Å². The minimum atomic E-state index is -4.50. The largest absolute Gasteiger partial charge is 0.390 e. The van der Waals surface area contributed by atoms with Crippen LogP contribution >= 0.6 is 11.6 Å². The van der Waals surface area contributed by atoms with Crippen molar-refractivity contribution in [2.75, 3.05) is 13.1 Å². The summed E-state index contributed by atoms with van der Waals surface area (Å²) in [5, 5.41) is 19.0. The maximum atomic E-state index is 12.7. The van der Waals surface area contributed by atoms with Gasteiger partial charge in [0, 0.05) is 30.0 Å². The number of amidine groups is 1. The molecule has 0 saturated carbocycles. The Morgan fingerprint density at radius 2 is 1.83 bits per heavy atom. The summed E-state index contributed by atoms with van der Waals surface area (Å²) in [4.78, 5) is 24.4. The third-order valence-electron chi connectivity index (χ3n) is 4.30. The first-order valence-electron chi connectivity index (χ1n) is 8.82. The second-order valence-electron chi connectivity index (χ2n) is 6.48. The Morgan fingerprint density at radius 1 is 1.17 bits per heavy atom. The molecule has 0 bridgehead atoms. The van der Waals surface area contributed by atoms with E-state index in [0.717, 1.165) is 0 Å². The number of rotatable bonds is 6. The molecule has 1 aromatic carbocycles. The Bertz CT molecular complexity index is 835. The molecule has 3 N–H and O–H groups in total. The van der Waals surface area contributed by atoms with Crippen LogP contribution in [0.4, 0.5) is 18.0 Å². The molecule has 0 radical (unpaired) electrons. The molecule has 2 amide bonds. The van der Waals surface area contributed by atoms with Gasteiger partial charge in [0.05, 0.1) is 18.7 Å². The molecule has 6 nitrogen and oxygen atoms in total. The molecule has 1 aromatic rings. The standard InChI is InChI=1S/C19H20ClF3N4O2/c20-14-5-1-13(2-6-14)17(25)27(10-9-19(21,22)23)18(29)26-11-16(24)12-3-7-15(28)8-4-12/h1-3,5-6,24-25H,4,7-11H2,(H,26,29). The molecular formula is C19H20ClF3N4O2. The number of alkyl halides is 3. The first-order chi connectivity index (χ1) is 13.6. The van der Waals surface area contributed by atoms with Crippen LogP contribution in [0.3, 0.4) is 0 Å². The third-order valence-corrected chi connectivity index (χ3v) is 4.56. The van der Waals surface area contributed by atoms with Gasteiger partial charge < -0.3 is 10.7 Å². The second-order valence-corrected chi connectivity index (χ2v) is 6.92. The number of halogens is 4. The van der Waals surface area contributed by atoms with Crippen molar-refractivity contribution in [3.05, 3.63) is 46.5 Å². The zero-order valence-electron chi connectivity index (χ0n) is 15.4. The van der Waals surface area contributed by atoms with Gasteiger partial charge in [-0.1, -0.05) is 17.7 Å². The van der Waals surface area contributed by atoms with Crippen LogP contribution in [0.25, 0.3) is 0 Å². The van der Waals surface area contributed by atoms with Gasteiger partial charge in [-0.2, -0.15) is 13.2 Å². The Morgan fingerprint density at radius 3 is 2.38 bits per heavy atom. The van der Waals surface area contributed by atoms with Crippen LogP contribution in [0, 0.1) is 10.8 Å². The molecule has 0 saturated heterocycles. The van der Waals surface area contributed by atoms with Gasteiger partial charge in [0.15, 0.2) is 0 Å². The number of hydrogen-bond donors (Lipinski definition) is 3. The number of amides is 2. The average Bonchev–Trinajstić information content (AvgIpc) is 2.66. The van der Waals surface area contributed by atoms with Crippen LogP contribution in [0.5, 0.6) is 0 Å². The Kier molecular flexibility index (Phi) is 7.55. The molecule has 0 spiro atoms. The van der Waals surface area contributed by atoms with E-state index in [1.807, 2.05) is 0 Å². The van der Waals surface area contributed by atoms with E-state index >= 15 is 0 Å². The molecule has 0 unspecified atom stereocenters. The maximum absolute atomic E-state index is 12.7. The fourth-order valence-electron chi connectivity index (χ4n) is 2.68. The van der Waals surface area contributed by atoms with Crippen LogP contribution in [0.1, 0.15) is 31.2 Å². The number of benzene rings is 1. The van der Waals surface area contributed by atoms with E-state index in [1.54, 1.807) is 6.08 Å². The van der Waals surface area contributed by atoms with Crippen molar-refractivity contribution in [3.63, 3.8) is 0 Å². The monoisotopic (exact) mass is 428 g/mol. The van der Waals surface area contributed by atoms with Gasteiger partial charge in [0.2, 0.25) is 0 Å². The highest BCUT2D eigenvalue weighted by molar-refractivity contribution is 6.30. The zero-order valence-corrected chi connectivity index (χ0v) is 16.2. The van der Waals surface area contributed by atoms with Crippen LogP contribution in [-0.2, 0) is 4.79 Å². The highest BCUT2D eigenvalue weighted by Crippen LogP contribution is 2.21. The molecule has 1 aliphatic rings. The van der Waals surface area contributed by atoms with Crippen molar-refractivity contribution in [3.8, 4) is 0 Å². The number of Topliss-reactive ketones (excluding diaryl/α,β-unsaturated/α-hetero) is 1. The van der Waals surface area contributed by atoms with E-state index in [-0.39, 0.29) is 30.0 Å². The van der Waals surface area contributed by atoms with Crippen LogP contribution < -0.4 is 5.32 Å². The van der Waals surface area contributed by atoms with Crippen molar-refractivity contribution >= 4 is 35.0 Å². The van der Waals surface area contributed by atoms with Crippen molar-refractivity contribution < 1.29 is 22.8 Å². The zero-order chi connectivity index (χ0) is 21.6. The number of urea groups is 1. The summed E-state index contributed by atoms with van der Waals surface area (Å²) in [6.07, 6.45) is -3.21. The van der Waals surface area contributed by atoms with Gasteiger partial charge >= 0.3 is 12.2 Å². The number of carbonyl (C=O) groups is 2. The van der Waals surface area contributed by atoms with Gasteiger partial charge in [-0.05, 0) is 36.3 Å². The van der Waals surface area contributed by atoms with Crippen molar-refractivity contribution in [2.24, 2.45) is 0 Å². The van der Waals surface area contributed by atoms with Crippen LogP contribution in [0.2, 0.25) is 5.02 Å². The quantitative estimate of drug-likeness (QED) is 0.464. The SMILES string of the molecule is N=C(CNC(=O)N(CCC(F)(F)F)C(=N)c1ccc(Cl)cc1)C1=CCC(=O)CC1. The normalized spacial score (nSPS) is 14.2. The van der Waals surface area contributed by atoms with Crippen molar-refractivity contribution in [2.45, 2.75) is 31.9 Å². The Hall–Kier alpha value is -2.68. The Balaban J connectivity index is 2.07. The highest BCUT2D eigenvalue weighted by Gasteiger charge is 2.31. The highest BCUT2D eigenvalue weighted by atomic mass is 35.5. The van der Waals surface area contributed by atoms with Crippen LogP contribution in [-0.4, -0.2) is 47.5 Å². The lowest BCUT2D eigenvalue weighted by molar-refractivity contribution is -0.135. The number of carbonyl (C=O) groups excluding carboxylic acids is 2. The summed E-state index contributed by atoms with van der Waals surface area (Å²) in [5.41, 5.74) is 0.939. The predicted octanol–water partition coefficient (Wildman–Crippen LogP) is 4.33. The molecule has 10 heteroatoms. The lowest BCUT2D eigenvalue weighted by Gasteiger charge is -2.25. The van der Waals surface area contributed by atoms with Crippen molar-refractivity contribution in [1.29, 1.82) is 10.8 Å². The van der Waals surface area contributed by atoms with Gasteiger partial charge in [-0.25, -0.2) is 4.79 Å². The molecule has 0 fully saturated rings. The molecular weight excluding hydrogens is 409 g/mol. The summed E-state index contributed by atoms with van der Waals surface area (Å²) in [6.45, 7) is -0.948. The average molecular weight is 429 g/mol. The van der Waals surface area contributed by atoms with Gasteiger partial charge in [0.1, 0.15) is 11.6 Å². The van der Waals surface area contributed by atoms with E-state index in [1.165, 1.54) is 24.3 Å². The fraction of sp³-hybridized carbons (Fsp3) is 0.368. The summed E-state index contributed by atoms with van der Waals surface area (Å²) >= 11 is 5.78. The number of ketones is 1. The third kappa shape index (κ3) is 7.01. The number of nitrogens with zero attached hydrogens (tertiary/aromatic N) is 1. The molecule has 0 aliphatic heterocycles. The topological polar surface area (TPSA) is 97.1 Å². The lowest BCUT2D eigenvalue weighted by atomic mass is 9.95. The molecule has 1 aliphatic carbocycles. The molecule has 0 heterocycles.